The van der Waals surface area contributed by atoms with Crippen molar-refractivity contribution in [1.82, 2.24) is 0 Å². The lowest BCUT2D eigenvalue weighted by Crippen LogP contribution is -2.31. The van der Waals surface area contributed by atoms with Crippen LogP contribution in [0.3, 0.4) is 0 Å². The number of Topliss-reactive ketones (excluding diaryl/α,β-unsaturated/α-hetero) is 1. The van der Waals surface area contributed by atoms with Crippen LogP contribution in [0.2, 0.25) is 0 Å². The average Bonchev–Trinajstić information content (AvgIpc) is 2.46. The monoisotopic (exact) mass is 329 g/mol. The highest BCUT2D eigenvalue weighted by Gasteiger charge is 2.19. The Kier molecular flexibility index (Phi) is 3.62. The average molecular weight is 330 g/mol. The van der Waals surface area contributed by atoms with Gasteiger partial charge in [0.25, 0.3) is 0 Å². The van der Waals surface area contributed by atoms with Crippen LogP contribution in [0.25, 0.3) is 0 Å². The first-order valence-electron chi connectivity index (χ1n) is 6.77. The van der Waals surface area contributed by atoms with Crippen LogP contribution in [0.5, 0.6) is 0 Å². The SMILES string of the molecule is CC(=O)c1ccc(Br)cc1N1CCc2ccccc2C1. The summed E-state index contributed by atoms with van der Waals surface area (Å²) in [5, 5.41) is 0. The van der Waals surface area contributed by atoms with Crippen LogP contribution < -0.4 is 4.90 Å². The molecule has 3 heteroatoms. The number of ketones is 1. The summed E-state index contributed by atoms with van der Waals surface area (Å²) >= 11 is 3.51. The largest absolute Gasteiger partial charge is 0.366 e. The second-order valence-corrected chi connectivity index (χ2v) is 6.07. The standard InChI is InChI=1S/C17H16BrNO/c1-12(20)16-7-6-15(18)10-17(16)19-9-8-13-4-2-3-5-14(13)11-19/h2-7,10H,8-9,11H2,1H3. The molecule has 0 spiro atoms. The second-order valence-electron chi connectivity index (χ2n) is 5.16. The van der Waals surface area contributed by atoms with Crippen molar-refractivity contribution < 1.29 is 4.79 Å². The zero-order chi connectivity index (χ0) is 14.1. The van der Waals surface area contributed by atoms with Gasteiger partial charge in [0.05, 0.1) is 0 Å². The number of fused-ring (bicyclic) bond motifs is 1. The zero-order valence-electron chi connectivity index (χ0n) is 11.4. The lowest BCUT2D eigenvalue weighted by Gasteiger charge is -2.32. The van der Waals surface area contributed by atoms with Crippen LogP contribution in [-0.4, -0.2) is 12.3 Å². The molecule has 102 valence electrons. The molecule has 0 saturated heterocycles. The van der Waals surface area contributed by atoms with Gasteiger partial charge in [-0.1, -0.05) is 40.2 Å². The Morgan fingerprint density at radius 2 is 1.90 bits per heavy atom. The fourth-order valence-electron chi connectivity index (χ4n) is 2.77. The van der Waals surface area contributed by atoms with Crippen molar-refractivity contribution in [1.29, 1.82) is 0 Å². The van der Waals surface area contributed by atoms with E-state index in [1.807, 2.05) is 18.2 Å². The molecule has 0 atom stereocenters. The van der Waals surface area contributed by atoms with E-state index < -0.39 is 0 Å². The maximum Gasteiger partial charge on any atom is 0.161 e. The Hall–Kier alpha value is -1.61. The van der Waals surface area contributed by atoms with Gasteiger partial charge in [-0.15, -0.1) is 0 Å². The number of hydrogen-bond donors (Lipinski definition) is 0. The summed E-state index contributed by atoms with van der Waals surface area (Å²) in [5.74, 6) is 0.117. The van der Waals surface area contributed by atoms with Gasteiger partial charge < -0.3 is 4.90 Å². The van der Waals surface area contributed by atoms with Crippen LogP contribution in [0.15, 0.2) is 46.9 Å². The van der Waals surface area contributed by atoms with Gasteiger partial charge in [0, 0.05) is 28.8 Å². The quantitative estimate of drug-likeness (QED) is 0.769. The normalized spacial score (nSPS) is 14.0. The van der Waals surface area contributed by atoms with E-state index in [9.17, 15) is 4.79 Å². The first kappa shape index (κ1) is 13.4. The minimum Gasteiger partial charge on any atom is -0.366 e. The molecule has 2 aromatic rings. The van der Waals surface area contributed by atoms with Crippen molar-refractivity contribution in [2.75, 3.05) is 11.4 Å². The van der Waals surface area contributed by atoms with E-state index in [0.717, 1.165) is 35.2 Å². The fourth-order valence-corrected chi connectivity index (χ4v) is 3.11. The Labute approximate surface area is 127 Å². The summed E-state index contributed by atoms with van der Waals surface area (Å²) in [6, 6.07) is 14.4. The van der Waals surface area contributed by atoms with Gasteiger partial charge in [0.1, 0.15) is 0 Å². The van der Waals surface area contributed by atoms with Crippen molar-refractivity contribution in [2.24, 2.45) is 0 Å². The van der Waals surface area contributed by atoms with E-state index in [1.54, 1.807) is 6.92 Å². The highest BCUT2D eigenvalue weighted by Crippen LogP contribution is 2.30. The van der Waals surface area contributed by atoms with Gasteiger partial charge in [-0.3, -0.25) is 4.79 Å². The summed E-state index contributed by atoms with van der Waals surface area (Å²) < 4.78 is 1.01. The fraction of sp³-hybridized carbons (Fsp3) is 0.235. The smallest absolute Gasteiger partial charge is 0.161 e. The summed E-state index contributed by atoms with van der Waals surface area (Å²) in [6.07, 6.45) is 1.03. The van der Waals surface area contributed by atoms with Gasteiger partial charge in [0.15, 0.2) is 5.78 Å². The first-order chi connectivity index (χ1) is 9.65. The maximum absolute atomic E-state index is 11.8. The Bertz CT molecular complexity index is 666. The molecular formula is C17H16BrNO. The number of benzene rings is 2. The number of rotatable bonds is 2. The molecule has 2 nitrogen and oxygen atoms in total. The topological polar surface area (TPSA) is 20.3 Å². The number of halogens is 1. The molecule has 0 aliphatic carbocycles. The van der Waals surface area contributed by atoms with Crippen molar-refractivity contribution >= 4 is 27.4 Å². The molecule has 0 radical (unpaired) electrons. The first-order valence-corrected chi connectivity index (χ1v) is 7.56. The van der Waals surface area contributed by atoms with Crippen molar-refractivity contribution in [3.05, 3.63) is 63.6 Å². The summed E-state index contributed by atoms with van der Waals surface area (Å²) in [4.78, 5) is 14.1. The third-order valence-electron chi connectivity index (χ3n) is 3.81. The lowest BCUT2D eigenvalue weighted by molar-refractivity contribution is 0.101. The minimum absolute atomic E-state index is 0.117. The molecule has 0 N–H and O–H groups in total. The molecule has 1 aliphatic rings. The number of carbonyl (C=O) groups is 1. The zero-order valence-corrected chi connectivity index (χ0v) is 13.0. The molecule has 0 fully saturated rings. The Morgan fingerprint density at radius 1 is 1.15 bits per heavy atom. The number of anilines is 1. The van der Waals surface area contributed by atoms with Crippen LogP contribution >= 0.6 is 15.9 Å². The molecule has 20 heavy (non-hydrogen) atoms. The van der Waals surface area contributed by atoms with Crippen LogP contribution in [0, 0.1) is 0 Å². The van der Waals surface area contributed by atoms with Gasteiger partial charge in [-0.2, -0.15) is 0 Å². The van der Waals surface area contributed by atoms with Gasteiger partial charge in [0.2, 0.25) is 0 Å². The number of nitrogens with zero attached hydrogens (tertiary/aromatic N) is 1. The second kappa shape index (κ2) is 5.41. The summed E-state index contributed by atoms with van der Waals surface area (Å²) in [6.45, 7) is 3.45. The maximum atomic E-state index is 11.8. The van der Waals surface area contributed by atoms with Crippen molar-refractivity contribution in [3.8, 4) is 0 Å². The van der Waals surface area contributed by atoms with Gasteiger partial charge in [-0.05, 0) is 42.7 Å². The number of carbonyl (C=O) groups excluding carboxylic acids is 1. The molecule has 0 saturated carbocycles. The highest BCUT2D eigenvalue weighted by molar-refractivity contribution is 9.10. The van der Waals surface area contributed by atoms with Crippen LogP contribution in [0.4, 0.5) is 5.69 Å². The third-order valence-corrected chi connectivity index (χ3v) is 4.30. The molecule has 0 aromatic heterocycles. The van der Waals surface area contributed by atoms with Gasteiger partial charge in [-0.25, -0.2) is 0 Å². The van der Waals surface area contributed by atoms with Crippen molar-refractivity contribution in [2.45, 2.75) is 19.9 Å². The predicted molar refractivity (Wildman–Crippen MR) is 85.3 cm³/mol. The Balaban J connectivity index is 1.99. The molecule has 0 amide bonds. The van der Waals surface area contributed by atoms with E-state index in [1.165, 1.54) is 11.1 Å². The lowest BCUT2D eigenvalue weighted by atomic mass is 9.98. The van der Waals surface area contributed by atoms with E-state index in [0.29, 0.717) is 0 Å². The van der Waals surface area contributed by atoms with Crippen LogP contribution in [0.1, 0.15) is 28.4 Å². The third kappa shape index (κ3) is 2.50. The molecule has 2 aromatic carbocycles. The molecular weight excluding hydrogens is 314 g/mol. The molecule has 1 heterocycles. The van der Waals surface area contributed by atoms with E-state index in [-0.39, 0.29) is 5.78 Å². The molecule has 0 bridgehead atoms. The molecule has 1 aliphatic heterocycles. The predicted octanol–water partition coefficient (Wildman–Crippen LogP) is 4.21. The van der Waals surface area contributed by atoms with E-state index >= 15 is 0 Å². The van der Waals surface area contributed by atoms with Gasteiger partial charge >= 0.3 is 0 Å². The van der Waals surface area contributed by atoms with Crippen molar-refractivity contribution in [3.63, 3.8) is 0 Å². The minimum atomic E-state index is 0.117. The molecule has 3 rings (SSSR count). The number of hydrogen-bond acceptors (Lipinski definition) is 2. The highest BCUT2D eigenvalue weighted by atomic mass is 79.9. The van der Waals surface area contributed by atoms with E-state index in [4.69, 9.17) is 0 Å². The summed E-state index contributed by atoms with van der Waals surface area (Å²) in [7, 11) is 0. The molecule has 0 unspecified atom stereocenters. The van der Waals surface area contributed by atoms with Crippen LogP contribution in [-0.2, 0) is 13.0 Å². The van der Waals surface area contributed by atoms with E-state index in [2.05, 4.69) is 45.1 Å². The summed E-state index contributed by atoms with van der Waals surface area (Å²) in [5.41, 5.74) is 4.60. The Morgan fingerprint density at radius 3 is 2.65 bits per heavy atom.